The maximum atomic E-state index is 12.7. The van der Waals surface area contributed by atoms with Crippen molar-refractivity contribution in [3.63, 3.8) is 0 Å². The van der Waals surface area contributed by atoms with Crippen LogP contribution in [0.25, 0.3) is 0 Å². The molecule has 2 atom stereocenters. The minimum absolute atomic E-state index is 0.128. The molecule has 156 valence electrons. The molecular formula is C19H21Br2N3O4S. The van der Waals surface area contributed by atoms with Gasteiger partial charge in [-0.2, -0.15) is 0 Å². The van der Waals surface area contributed by atoms with E-state index in [1.54, 1.807) is 24.3 Å². The highest BCUT2D eigenvalue weighted by Gasteiger charge is 2.30. The number of hydrogen-bond acceptors (Lipinski definition) is 5. The quantitative estimate of drug-likeness (QED) is 0.512. The van der Waals surface area contributed by atoms with Gasteiger partial charge in [0.2, 0.25) is 10.0 Å². The first-order chi connectivity index (χ1) is 13.7. The Kier molecular flexibility index (Phi) is 7.33. The van der Waals surface area contributed by atoms with Crippen molar-refractivity contribution in [3.05, 3.63) is 57.0 Å². The van der Waals surface area contributed by atoms with Gasteiger partial charge in [-0.3, -0.25) is 5.32 Å². The first-order valence-corrected chi connectivity index (χ1v) is 12.0. The molecule has 0 saturated carbocycles. The topological polar surface area (TPSA) is 96.5 Å². The van der Waals surface area contributed by atoms with E-state index in [1.807, 2.05) is 25.1 Å². The van der Waals surface area contributed by atoms with Crippen LogP contribution in [-0.2, 0) is 14.8 Å². The summed E-state index contributed by atoms with van der Waals surface area (Å²) in [7, 11) is -3.68. The van der Waals surface area contributed by atoms with Gasteiger partial charge in [0.25, 0.3) is 0 Å². The zero-order valence-electron chi connectivity index (χ0n) is 15.6. The zero-order valence-corrected chi connectivity index (χ0v) is 19.6. The lowest BCUT2D eigenvalue weighted by molar-refractivity contribution is 0.151. The molecule has 10 heteroatoms. The van der Waals surface area contributed by atoms with Gasteiger partial charge in [0, 0.05) is 33.3 Å². The molecule has 1 aliphatic rings. The van der Waals surface area contributed by atoms with Gasteiger partial charge in [-0.05, 0) is 65.2 Å². The Morgan fingerprint density at radius 1 is 1.24 bits per heavy atom. The molecule has 0 radical (unpaired) electrons. The van der Waals surface area contributed by atoms with Crippen molar-refractivity contribution in [3.8, 4) is 0 Å². The number of amides is 1. The predicted octanol–water partition coefficient (Wildman–Crippen LogP) is 3.78. The molecule has 0 aliphatic carbocycles. The van der Waals surface area contributed by atoms with E-state index in [9.17, 15) is 13.2 Å². The Morgan fingerprint density at radius 3 is 2.79 bits per heavy atom. The number of ether oxygens (including phenoxy) is 1. The molecule has 3 N–H and O–H groups in total. The summed E-state index contributed by atoms with van der Waals surface area (Å²) in [6, 6.07) is 12.0. The summed E-state index contributed by atoms with van der Waals surface area (Å²) in [5, 5.41) is 5.86. The molecule has 0 bridgehead atoms. The number of benzene rings is 2. The average Bonchev–Trinajstić information content (AvgIpc) is 3.08. The number of aryl methyl sites for hydroxylation is 1. The molecule has 1 saturated heterocycles. The van der Waals surface area contributed by atoms with Crippen molar-refractivity contribution in [1.82, 2.24) is 10.0 Å². The monoisotopic (exact) mass is 545 g/mol. The second-order valence-electron chi connectivity index (χ2n) is 6.83. The molecule has 1 aliphatic heterocycles. The largest absolute Gasteiger partial charge is 0.448 e. The summed E-state index contributed by atoms with van der Waals surface area (Å²) in [6.45, 7) is 2.54. The van der Waals surface area contributed by atoms with Crippen molar-refractivity contribution >= 4 is 53.7 Å². The number of nitrogens with one attached hydrogen (secondary N) is 3. The summed E-state index contributed by atoms with van der Waals surface area (Å²) in [5.41, 5.74) is 1.70. The second kappa shape index (κ2) is 9.57. The predicted molar refractivity (Wildman–Crippen MR) is 119 cm³/mol. The van der Waals surface area contributed by atoms with Gasteiger partial charge in [-0.25, -0.2) is 17.9 Å². The van der Waals surface area contributed by atoms with Crippen molar-refractivity contribution in [2.45, 2.75) is 30.3 Å². The van der Waals surface area contributed by atoms with Crippen molar-refractivity contribution in [2.24, 2.45) is 0 Å². The molecular weight excluding hydrogens is 526 g/mol. The summed E-state index contributed by atoms with van der Waals surface area (Å²) >= 11 is 6.57. The first kappa shape index (κ1) is 22.2. The normalized spacial score (nSPS) is 19.1. The number of anilines is 1. The van der Waals surface area contributed by atoms with Crippen LogP contribution in [0.4, 0.5) is 10.5 Å². The minimum atomic E-state index is -3.68. The van der Waals surface area contributed by atoms with Crippen LogP contribution in [0.2, 0.25) is 0 Å². The van der Waals surface area contributed by atoms with E-state index < -0.39 is 16.1 Å². The van der Waals surface area contributed by atoms with Gasteiger partial charge in [0.1, 0.15) is 6.61 Å². The highest BCUT2D eigenvalue weighted by atomic mass is 79.9. The fraction of sp³-hybridized carbons (Fsp3) is 0.316. The van der Waals surface area contributed by atoms with E-state index in [2.05, 4.69) is 47.2 Å². The fourth-order valence-electron chi connectivity index (χ4n) is 3.05. The maximum Gasteiger partial charge on any atom is 0.411 e. The number of hydrogen-bond donors (Lipinski definition) is 3. The number of rotatable bonds is 6. The lowest BCUT2D eigenvalue weighted by Crippen LogP contribution is -2.36. The maximum absolute atomic E-state index is 12.7. The van der Waals surface area contributed by atoms with Gasteiger partial charge in [-0.1, -0.05) is 28.1 Å². The zero-order chi connectivity index (χ0) is 21.0. The van der Waals surface area contributed by atoms with Crippen molar-refractivity contribution in [1.29, 1.82) is 0 Å². The standard InChI is InChI=1S/C19H21Br2N3O4S/c1-12-3-2-4-14(7-12)23-19(25)28-11-16-9-15(10-22-16)24-29(26,27)18-8-13(20)5-6-17(18)21/h2-8,15-16,22,24H,9-11H2,1H3,(H,23,25)/t15-,16-/m1/s1. The Labute approximate surface area is 186 Å². The first-order valence-electron chi connectivity index (χ1n) is 8.94. The summed E-state index contributed by atoms with van der Waals surface area (Å²) in [5.74, 6) is 0. The van der Waals surface area contributed by atoms with E-state index in [0.29, 0.717) is 27.6 Å². The van der Waals surface area contributed by atoms with E-state index >= 15 is 0 Å². The molecule has 1 fully saturated rings. The average molecular weight is 547 g/mol. The summed E-state index contributed by atoms with van der Waals surface area (Å²) < 4.78 is 34.5. The number of sulfonamides is 1. The van der Waals surface area contributed by atoms with Gasteiger partial charge >= 0.3 is 6.09 Å². The third-order valence-corrected chi connectivity index (χ3v) is 7.41. The van der Waals surface area contributed by atoms with Crippen molar-refractivity contribution < 1.29 is 17.9 Å². The van der Waals surface area contributed by atoms with Gasteiger partial charge < -0.3 is 10.1 Å². The highest BCUT2D eigenvalue weighted by molar-refractivity contribution is 9.11. The Balaban J connectivity index is 1.50. The van der Waals surface area contributed by atoms with E-state index in [0.717, 1.165) is 5.56 Å². The number of halogens is 2. The fourth-order valence-corrected chi connectivity index (χ4v) is 5.81. The molecule has 2 aromatic rings. The van der Waals surface area contributed by atoms with Crippen LogP contribution in [0.5, 0.6) is 0 Å². The van der Waals surface area contributed by atoms with Crippen LogP contribution < -0.4 is 15.4 Å². The number of carbonyl (C=O) groups excluding carboxylic acids is 1. The van der Waals surface area contributed by atoms with Crippen LogP contribution in [0.1, 0.15) is 12.0 Å². The van der Waals surface area contributed by atoms with Crippen LogP contribution in [0.15, 0.2) is 56.3 Å². The molecule has 1 amide bonds. The molecule has 1 heterocycles. The van der Waals surface area contributed by atoms with Gasteiger partial charge in [-0.15, -0.1) is 0 Å². The Bertz CT molecular complexity index is 1000. The summed E-state index contributed by atoms with van der Waals surface area (Å²) in [6.07, 6.45) is -0.0257. The number of carbonyl (C=O) groups is 1. The SMILES string of the molecule is Cc1cccc(NC(=O)OC[C@H]2C[C@@H](NS(=O)(=O)c3cc(Br)ccc3Br)CN2)c1. The Morgan fingerprint density at radius 2 is 2.03 bits per heavy atom. The molecule has 3 rings (SSSR count). The second-order valence-corrected chi connectivity index (χ2v) is 10.3. The van der Waals surface area contributed by atoms with Gasteiger partial charge in [0.15, 0.2) is 0 Å². The van der Waals surface area contributed by atoms with Crippen LogP contribution in [0, 0.1) is 6.92 Å². The van der Waals surface area contributed by atoms with Gasteiger partial charge in [0.05, 0.1) is 4.90 Å². The molecule has 0 aromatic heterocycles. The van der Waals surface area contributed by atoms with Crippen molar-refractivity contribution in [2.75, 3.05) is 18.5 Å². The molecule has 0 spiro atoms. The van der Waals surface area contributed by atoms with Crippen LogP contribution in [0.3, 0.4) is 0 Å². The highest BCUT2D eigenvalue weighted by Crippen LogP contribution is 2.26. The molecule has 7 nitrogen and oxygen atoms in total. The minimum Gasteiger partial charge on any atom is -0.448 e. The molecule has 0 unspecified atom stereocenters. The third kappa shape index (κ3) is 6.26. The van der Waals surface area contributed by atoms with Crippen LogP contribution >= 0.6 is 31.9 Å². The van der Waals surface area contributed by atoms with Crippen LogP contribution in [-0.4, -0.2) is 39.7 Å². The van der Waals surface area contributed by atoms with E-state index in [-0.39, 0.29) is 23.6 Å². The lowest BCUT2D eigenvalue weighted by atomic mass is 10.2. The smallest absolute Gasteiger partial charge is 0.411 e. The van der Waals surface area contributed by atoms with E-state index in [1.165, 1.54) is 0 Å². The Hall–Kier alpha value is -1.46. The lowest BCUT2D eigenvalue weighted by Gasteiger charge is -2.14. The summed E-state index contributed by atoms with van der Waals surface area (Å²) in [4.78, 5) is 12.1. The molecule has 2 aromatic carbocycles. The molecule has 29 heavy (non-hydrogen) atoms. The van der Waals surface area contributed by atoms with E-state index in [4.69, 9.17) is 4.74 Å². The third-order valence-electron chi connectivity index (χ3n) is 4.41.